The van der Waals surface area contributed by atoms with Gasteiger partial charge in [-0.05, 0) is 44.9 Å². The quantitative estimate of drug-likeness (QED) is 0.0454. The zero-order valence-corrected chi connectivity index (χ0v) is 27.0. The van der Waals surface area contributed by atoms with E-state index in [0.29, 0.717) is 25.7 Å². The van der Waals surface area contributed by atoms with Gasteiger partial charge in [0.25, 0.3) is 0 Å². The van der Waals surface area contributed by atoms with Gasteiger partial charge in [-0.1, -0.05) is 13.3 Å². The number of aliphatic hydroxyl groups excluding tert-OH is 1. The van der Waals surface area contributed by atoms with Crippen molar-refractivity contribution in [3.05, 3.63) is 0 Å². The van der Waals surface area contributed by atoms with Crippen LogP contribution in [-0.4, -0.2) is 110 Å². The number of hydrogen-bond acceptors (Lipinski definition) is 11. The Morgan fingerprint density at radius 1 is 0.583 bits per heavy atom. The summed E-state index contributed by atoms with van der Waals surface area (Å²) >= 11 is 0. The van der Waals surface area contributed by atoms with Crippen molar-refractivity contribution in [2.45, 2.75) is 109 Å². The van der Waals surface area contributed by atoms with Crippen LogP contribution >= 0.6 is 0 Å². The molecular formula is C30H48N4O14. The van der Waals surface area contributed by atoms with E-state index in [2.05, 4.69) is 16.0 Å². The van der Waals surface area contributed by atoms with Crippen molar-refractivity contribution in [1.82, 2.24) is 16.0 Å². The van der Waals surface area contributed by atoms with Crippen LogP contribution in [0.4, 0.5) is 0 Å². The lowest BCUT2D eigenvalue weighted by Gasteiger charge is -2.24. The predicted octanol–water partition coefficient (Wildman–Crippen LogP) is -0.808. The number of carboxylic acid groups (broad SMARTS) is 4. The second-order valence-corrected chi connectivity index (χ2v) is 11.3. The van der Waals surface area contributed by atoms with E-state index < -0.39 is 123 Å². The van der Waals surface area contributed by atoms with Gasteiger partial charge in [-0.25, -0.2) is 0 Å². The fourth-order valence-corrected chi connectivity index (χ4v) is 4.68. The van der Waals surface area contributed by atoms with Gasteiger partial charge in [0.1, 0.15) is 12.6 Å². The van der Waals surface area contributed by atoms with Crippen LogP contribution in [-0.2, 0) is 43.2 Å². The number of hydrogen-bond donors (Lipinski definition) is 9. The maximum Gasteiger partial charge on any atom is 0.303 e. The van der Waals surface area contributed by atoms with Gasteiger partial charge < -0.3 is 47.2 Å². The maximum atomic E-state index is 13.3. The van der Waals surface area contributed by atoms with Crippen LogP contribution in [0.5, 0.6) is 0 Å². The Morgan fingerprint density at radius 2 is 1.08 bits per heavy atom. The summed E-state index contributed by atoms with van der Waals surface area (Å²) in [7, 11) is 0. The van der Waals surface area contributed by atoms with Crippen LogP contribution in [0.15, 0.2) is 0 Å². The van der Waals surface area contributed by atoms with Gasteiger partial charge in [0.05, 0.1) is 12.1 Å². The molecule has 0 aliphatic heterocycles. The topological polar surface area (TPSA) is 317 Å². The van der Waals surface area contributed by atoms with E-state index in [9.17, 15) is 48.3 Å². The third-order valence-corrected chi connectivity index (χ3v) is 7.55. The summed E-state index contributed by atoms with van der Waals surface area (Å²) in [6.07, 6.45) is -2.31. The number of rotatable bonds is 28. The largest absolute Gasteiger partial charge is 0.481 e. The summed E-state index contributed by atoms with van der Waals surface area (Å²) < 4.78 is 0. The molecule has 0 aliphatic carbocycles. The third kappa shape index (κ3) is 19.3. The number of nitrogens with one attached hydrogen (secondary N) is 3. The Balaban J connectivity index is 5.74. The van der Waals surface area contributed by atoms with Gasteiger partial charge in [-0.15, -0.1) is 0 Å². The molecule has 0 bridgehead atoms. The number of ketones is 2. The number of aliphatic hydroxyl groups is 1. The fraction of sp³-hybridized carbons (Fsp3) is 0.700. The van der Waals surface area contributed by atoms with Crippen molar-refractivity contribution in [1.29, 1.82) is 0 Å². The molecule has 0 aliphatic rings. The van der Waals surface area contributed by atoms with Crippen molar-refractivity contribution >= 4 is 53.2 Å². The summed E-state index contributed by atoms with van der Waals surface area (Å²) in [5.74, 6) is -10.6. The first kappa shape index (κ1) is 43.5. The number of carboxylic acids is 4. The number of nitrogens with two attached hydrogens (primary N) is 1. The second kappa shape index (κ2) is 23.8. The smallest absolute Gasteiger partial charge is 0.303 e. The molecule has 0 aromatic carbocycles. The highest BCUT2D eigenvalue weighted by Crippen LogP contribution is 2.17. The molecule has 18 heteroatoms. The summed E-state index contributed by atoms with van der Waals surface area (Å²) in [6.45, 7) is 1.35. The molecule has 0 rings (SSSR count). The maximum absolute atomic E-state index is 13.3. The van der Waals surface area contributed by atoms with Crippen LogP contribution in [0.3, 0.4) is 0 Å². The Hall–Kier alpha value is -4.45. The van der Waals surface area contributed by atoms with Crippen LogP contribution in [0.2, 0.25) is 0 Å². The minimum Gasteiger partial charge on any atom is -0.481 e. The number of amides is 3. The number of aliphatic carboxylic acids is 4. The predicted molar refractivity (Wildman–Crippen MR) is 165 cm³/mol. The Morgan fingerprint density at radius 3 is 1.60 bits per heavy atom. The lowest BCUT2D eigenvalue weighted by Crippen LogP contribution is -2.51. The molecule has 0 aromatic heterocycles. The van der Waals surface area contributed by atoms with E-state index in [0.717, 1.165) is 0 Å². The van der Waals surface area contributed by atoms with Crippen LogP contribution in [0.25, 0.3) is 0 Å². The fourth-order valence-electron chi connectivity index (χ4n) is 4.68. The Labute approximate surface area is 277 Å². The van der Waals surface area contributed by atoms with Crippen LogP contribution in [0.1, 0.15) is 90.4 Å². The molecule has 5 atom stereocenters. The summed E-state index contributed by atoms with van der Waals surface area (Å²) in [5.41, 5.74) is 5.69. The number of unbranched alkanes of at least 4 members (excludes halogenated alkanes) is 1. The first-order valence-corrected chi connectivity index (χ1v) is 15.7. The minimum atomic E-state index is -1.48. The highest BCUT2D eigenvalue weighted by atomic mass is 16.4. The van der Waals surface area contributed by atoms with E-state index in [1.54, 1.807) is 6.92 Å². The van der Waals surface area contributed by atoms with Crippen molar-refractivity contribution in [2.75, 3.05) is 13.2 Å². The Bertz CT molecular complexity index is 1140. The molecule has 0 unspecified atom stereocenters. The molecule has 0 heterocycles. The molecule has 10 N–H and O–H groups in total. The highest BCUT2D eigenvalue weighted by Gasteiger charge is 2.32. The monoisotopic (exact) mass is 688 g/mol. The van der Waals surface area contributed by atoms with Gasteiger partial charge in [-0.2, -0.15) is 0 Å². The van der Waals surface area contributed by atoms with E-state index in [1.165, 1.54) is 0 Å². The molecular weight excluding hydrogens is 640 g/mol. The first-order chi connectivity index (χ1) is 22.5. The summed E-state index contributed by atoms with van der Waals surface area (Å²) in [4.78, 5) is 108. The molecule has 0 spiro atoms. The molecule has 0 saturated heterocycles. The van der Waals surface area contributed by atoms with Crippen LogP contribution < -0.4 is 21.7 Å². The lowest BCUT2D eigenvalue weighted by atomic mass is 9.91. The van der Waals surface area contributed by atoms with E-state index in [-0.39, 0.29) is 31.1 Å². The zero-order chi connectivity index (χ0) is 36.8. The molecule has 272 valence electrons. The zero-order valence-electron chi connectivity index (χ0n) is 27.0. The van der Waals surface area contributed by atoms with E-state index >= 15 is 0 Å². The van der Waals surface area contributed by atoms with Gasteiger partial charge in [0.15, 0.2) is 11.6 Å². The third-order valence-electron chi connectivity index (χ3n) is 7.55. The second-order valence-electron chi connectivity index (χ2n) is 11.3. The number of Topliss-reactive ketones (excluding diaryl/α,β-unsaturated/α-hetero) is 2. The normalized spacial score (nSPS) is 14.0. The molecule has 18 nitrogen and oxygen atoms in total. The van der Waals surface area contributed by atoms with Gasteiger partial charge in [0.2, 0.25) is 17.7 Å². The van der Waals surface area contributed by atoms with Gasteiger partial charge in [-0.3, -0.25) is 43.2 Å². The van der Waals surface area contributed by atoms with Crippen molar-refractivity contribution in [3.63, 3.8) is 0 Å². The van der Waals surface area contributed by atoms with Gasteiger partial charge >= 0.3 is 23.9 Å². The molecule has 0 fully saturated rings. The number of carbonyl (C=O) groups is 9. The number of carbonyl (C=O) groups excluding carboxylic acids is 5. The average molecular weight is 689 g/mol. The SMILES string of the molecule is CC[C@@H](CCCCNC(=O)[C@H](CCC(=O)O)NC(=O)[C@H](CCC(=O)O)CC(=O)[C@H](CCC(=O)O)NC(=O)[C@@H](N)CCC(=O)O)C(=O)CO. The average Bonchev–Trinajstić information content (AvgIpc) is 3.02. The summed E-state index contributed by atoms with van der Waals surface area (Å²) in [6, 6.07) is -4.21. The molecule has 0 aromatic rings. The van der Waals surface area contributed by atoms with E-state index in [4.69, 9.17) is 26.2 Å². The standard InChI is InChI=1S/C30H48N4O14/c1-2-17(23(37)16-35)5-3-4-14-32-30(48)21(9-13-27(44)45)34-28(46)18(6-10-24(38)39)15-22(36)20(8-12-26(42)43)33-29(47)19(31)7-11-25(40)41/h17-21,35H,2-16,31H2,1H3,(H,32,48)(H,33,47)(H,34,46)(H,38,39)(H,40,41)(H,42,43)(H,44,45)/t17-,18+,19-,20-,21-/m0/s1. The van der Waals surface area contributed by atoms with Gasteiger partial charge in [0, 0.05) is 50.5 Å². The first-order valence-electron chi connectivity index (χ1n) is 15.7. The molecule has 0 saturated carbocycles. The van der Waals surface area contributed by atoms with Crippen LogP contribution in [0, 0.1) is 11.8 Å². The molecule has 3 amide bonds. The van der Waals surface area contributed by atoms with Crippen molar-refractivity contribution in [3.8, 4) is 0 Å². The van der Waals surface area contributed by atoms with Crippen molar-refractivity contribution < 1.29 is 68.7 Å². The van der Waals surface area contributed by atoms with Crippen molar-refractivity contribution in [2.24, 2.45) is 17.6 Å². The molecule has 0 radical (unpaired) electrons. The highest BCUT2D eigenvalue weighted by molar-refractivity contribution is 5.95. The van der Waals surface area contributed by atoms with E-state index in [1.807, 2.05) is 0 Å². The minimum absolute atomic E-state index is 0.114. The molecule has 48 heavy (non-hydrogen) atoms. The Kier molecular flexibility index (Phi) is 21.6. The summed E-state index contributed by atoms with van der Waals surface area (Å²) in [5, 5.41) is 52.5. The lowest BCUT2D eigenvalue weighted by molar-refractivity contribution is -0.140.